The van der Waals surface area contributed by atoms with Gasteiger partial charge in [0.2, 0.25) is 0 Å². The van der Waals surface area contributed by atoms with Gasteiger partial charge in [-0.3, -0.25) is 0 Å². The third-order valence-electron chi connectivity index (χ3n) is 7.77. The molecule has 3 rings (SSSR count). The summed E-state index contributed by atoms with van der Waals surface area (Å²) in [6.07, 6.45) is 26.4. The third kappa shape index (κ3) is 6.85. The molecule has 2 fully saturated rings. The fraction of sp³-hybridized carbons (Fsp3) is 0.846. The van der Waals surface area contributed by atoms with Gasteiger partial charge < -0.3 is 0 Å². The molecule has 0 unspecified atom stereocenters. The maximum atomic E-state index is 4.62. The van der Waals surface area contributed by atoms with Crippen molar-refractivity contribution < 1.29 is 0 Å². The summed E-state index contributed by atoms with van der Waals surface area (Å²) in [7, 11) is 0. The van der Waals surface area contributed by atoms with Gasteiger partial charge in [-0.05, 0) is 74.2 Å². The maximum Gasteiger partial charge on any atom is 0.128 e. The number of aryl methyl sites for hydroxylation is 2. The van der Waals surface area contributed by atoms with Crippen molar-refractivity contribution in [3.8, 4) is 0 Å². The minimum absolute atomic E-state index is 0.917. The molecule has 2 saturated carbocycles. The number of hydrogen-bond acceptors (Lipinski definition) is 2. The first kappa shape index (κ1) is 21.8. The Labute approximate surface area is 174 Å². The molecule has 0 amide bonds. The monoisotopic (exact) mass is 384 g/mol. The molecule has 1 aromatic heterocycles. The van der Waals surface area contributed by atoms with Crippen molar-refractivity contribution in [1.82, 2.24) is 9.97 Å². The van der Waals surface area contributed by atoms with E-state index in [-0.39, 0.29) is 0 Å². The Morgan fingerprint density at radius 3 is 1.75 bits per heavy atom. The first-order valence-electron chi connectivity index (χ1n) is 12.6. The molecule has 0 radical (unpaired) electrons. The van der Waals surface area contributed by atoms with E-state index in [0.29, 0.717) is 0 Å². The molecule has 158 valence electrons. The van der Waals surface area contributed by atoms with Crippen LogP contribution in [-0.4, -0.2) is 9.97 Å². The standard InChI is InChI=1S/C26H44N2/c1-3-5-7-21-9-14-24(15-10-21)25-16-11-22(12-17-25)13-18-26-27-19-23(20-28-26)8-6-4-2/h19-22,24-25H,3-18H2,1-2H3/t21-,22-,24-,25-. The van der Waals surface area contributed by atoms with Crippen LogP contribution in [0.3, 0.4) is 0 Å². The summed E-state index contributed by atoms with van der Waals surface area (Å²) in [5.41, 5.74) is 1.30. The molecular weight excluding hydrogens is 340 g/mol. The van der Waals surface area contributed by atoms with Crippen LogP contribution in [0.2, 0.25) is 0 Å². The van der Waals surface area contributed by atoms with Crippen LogP contribution < -0.4 is 0 Å². The second kappa shape index (κ2) is 11.9. The lowest BCUT2D eigenvalue weighted by Crippen LogP contribution is -2.26. The molecule has 0 aromatic carbocycles. The van der Waals surface area contributed by atoms with E-state index in [2.05, 4.69) is 36.2 Å². The summed E-state index contributed by atoms with van der Waals surface area (Å²) in [6.45, 7) is 4.57. The predicted molar refractivity (Wildman–Crippen MR) is 119 cm³/mol. The van der Waals surface area contributed by atoms with Gasteiger partial charge in [-0.25, -0.2) is 9.97 Å². The second-order valence-corrected chi connectivity index (χ2v) is 9.85. The lowest BCUT2D eigenvalue weighted by atomic mass is 9.68. The summed E-state index contributed by atoms with van der Waals surface area (Å²) >= 11 is 0. The van der Waals surface area contributed by atoms with Crippen LogP contribution >= 0.6 is 0 Å². The number of rotatable bonds is 10. The van der Waals surface area contributed by atoms with E-state index in [1.165, 1.54) is 95.5 Å². The van der Waals surface area contributed by atoms with Crippen LogP contribution in [-0.2, 0) is 12.8 Å². The average Bonchev–Trinajstić information content (AvgIpc) is 2.76. The quantitative estimate of drug-likeness (QED) is 0.416. The van der Waals surface area contributed by atoms with Gasteiger partial charge >= 0.3 is 0 Å². The smallest absolute Gasteiger partial charge is 0.128 e. The van der Waals surface area contributed by atoms with Crippen LogP contribution in [0.25, 0.3) is 0 Å². The Kier molecular flexibility index (Phi) is 9.28. The van der Waals surface area contributed by atoms with Gasteiger partial charge in [0.1, 0.15) is 5.82 Å². The molecule has 28 heavy (non-hydrogen) atoms. The summed E-state index contributed by atoms with van der Waals surface area (Å²) in [4.78, 5) is 9.24. The fourth-order valence-electron chi connectivity index (χ4n) is 5.74. The number of nitrogens with zero attached hydrogens (tertiary/aromatic N) is 2. The van der Waals surface area contributed by atoms with Gasteiger partial charge in [0, 0.05) is 18.8 Å². The molecule has 0 spiro atoms. The zero-order valence-corrected chi connectivity index (χ0v) is 18.7. The molecular formula is C26H44N2. The SMILES string of the molecule is CCCCc1cnc(CC[C@H]2CC[C@H]([C@H]3CC[C@H](CCCC)CC3)CC2)nc1. The molecule has 0 aliphatic heterocycles. The Balaban J connectivity index is 1.32. The molecule has 2 aliphatic carbocycles. The molecule has 2 heteroatoms. The van der Waals surface area contributed by atoms with Crippen molar-refractivity contribution in [2.24, 2.45) is 23.7 Å². The minimum Gasteiger partial charge on any atom is -0.241 e. The van der Waals surface area contributed by atoms with Gasteiger partial charge in [-0.15, -0.1) is 0 Å². The highest BCUT2D eigenvalue weighted by Gasteiger charge is 2.30. The number of aromatic nitrogens is 2. The summed E-state index contributed by atoms with van der Waals surface area (Å²) in [5, 5.41) is 0. The van der Waals surface area contributed by atoms with Gasteiger partial charge in [-0.2, -0.15) is 0 Å². The summed E-state index contributed by atoms with van der Waals surface area (Å²) in [6, 6.07) is 0. The first-order chi connectivity index (χ1) is 13.8. The largest absolute Gasteiger partial charge is 0.241 e. The molecule has 1 aromatic rings. The highest BCUT2D eigenvalue weighted by atomic mass is 14.9. The Bertz CT molecular complexity index is 522. The van der Waals surface area contributed by atoms with Crippen molar-refractivity contribution >= 4 is 0 Å². The van der Waals surface area contributed by atoms with Crippen LogP contribution in [0.1, 0.15) is 115 Å². The zero-order valence-electron chi connectivity index (χ0n) is 18.7. The van der Waals surface area contributed by atoms with Crippen LogP contribution in [0, 0.1) is 23.7 Å². The van der Waals surface area contributed by atoms with E-state index in [1.807, 2.05) is 0 Å². The van der Waals surface area contributed by atoms with E-state index < -0.39 is 0 Å². The molecule has 2 nitrogen and oxygen atoms in total. The van der Waals surface area contributed by atoms with Gasteiger partial charge in [0.15, 0.2) is 0 Å². The predicted octanol–water partition coefficient (Wildman–Crippen LogP) is 7.55. The van der Waals surface area contributed by atoms with Crippen molar-refractivity contribution in [3.63, 3.8) is 0 Å². The van der Waals surface area contributed by atoms with Crippen molar-refractivity contribution in [3.05, 3.63) is 23.8 Å². The van der Waals surface area contributed by atoms with Crippen molar-refractivity contribution in [1.29, 1.82) is 0 Å². The molecule has 0 N–H and O–H groups in total. The van der Waals surface area contributed by atoms with E-state index in [4.69, 9.17) is 0 Å². The van der Waals surface area contributed by atoms with Crippen molar-refractivity contribution in [2.45, 2.75) is 117 Å². The molecule has 0 bridgehead atoms. The van der Waals surface area contributed by atoms with E-state index in [9.17, 15) is 0 Å². The molecule has 0 atom stereocenters. The average molecular weight is 385 g/mol. The van der Waals surface area contributed by atoms with E-state index in [0.717, 1.165) is 42.3 Å². The van der Waals surface area contributed by atoms with E-state index >= 15 is 0 Å². The minimum atomic E-state index is 0.917. The second-order valence-electron chi connectivity index (χ2n) is 9.85. The van der Waals surface area contributed by atoms with Crippen molar-refractivity contribution in [2.75, 3.05) is 0 Å². The number of hydrogen-bond donors (Lipinski definition) is 0. The normalized spacial score (nSPS) is 28.4. The number of unbranched alkanes of at least 4 members (excludes halogenated alkanes) is 2. The van der Waals surface area contributed by atoms with Crippen LogP contribution in [0.4, 0.5) is 0 Å². The molecule has 2 aliphatic rings. The summed E-state index contributed by atoms with van der Waals surface area (Å²) in [5.74, 6) is 5.13. The fourth-order valence-corrected chi connectivity index (χ4v) is 5.74. The Morgan fingerprint density at radius 1 is 0.679 bits per heavy atom. The highest BCUT2D eigenvalue weighted by Crippen LogP contribution is 2.42. The topological polar surface area (TPSA) is 25.8 Å². The Morgan fingerprint density at radius 2 is 1.21 bits per heavy atom. The third-order valence-corrected chi connectivity index (χ3v) is 7.77. The maximum absolute atomic E-state index is 4.62. The molecule has 0 saturated heterocycles. The van der Waals surface area contributed by atoms with Gasteiger partial charge in [-0.1, -0.05) is 65.2 Å². The van der Waals surface area contributed by atoms with Gasteiger partial charge in [0.05, 0.1) is 0 Å². The lowest BCUT2D eigenvalue weighted by Gasteiger charge is -2.38. The molecule has 1 heterocycles. The Hall–Kier alpha value is -0.920. The first-order valence-corrected chi connectivity index (χ1v) is 12.6. The van der Waals surface area contributed by atoms with E-state index in [1.54, 1.807) is 0 Å². The summed E-state index contributed by atoms with van der Waals surface area (Å²) < 4.78 is 0. The lowest BCUT2D eigenvalue weighted by molar-refractivity contribution is 0.140. The van der Waals surface area contributed by atoms with Gasteiger partial charge in [0.25, 0.3) is 0 Å². The zero-order chi connectivity index (χ0) is 19.6. The van der Waals surface area contributed by atoms with Crippen LogP contribution in [0.5, 0.6) is 0 Å². The van der Waals surface area contributed by atoms with Crippen LogP contribution in [0.15, 0.2) is 12.4 Å². The highest BCUT2D eigenvalue weighted by molar-refractivity contribution is 5.05.